The van der Waals surface area contributed by atoms with Crippen LogP contribution in [0.25, 0.3) is 11.3 Å². The summed E-state index contributed by atoms with van der Waals surface area (Å²) in [7, 11) is 1.81. The third-order valence-electron chi connectivity index (χ3n) is 3.46. The number of carboxylic acid groups (broad SMARTS) is 1. The number of halogens is 1. The van der Waals surface area contributed by atoms with Gasteiger partial charge in [0.2, 0.25) is 0 Å². The summed E-state index contributed by atoms with van der Waals surface area (Å²) in [4.78, 5) is 10.8. The van der Waals surface area contributed by atoms with Crippen molar-refractivity contribution in [3.05, 3.63) is 41.3 Å². The highest BCUT2D eigenvalue weighted by molar-refractivity contribution is 5.88. The molecule has 1 N–H and O–H groups in total. The van der Waals surface area contributed by atoms with Crippen molar-refractivity contribution in [3.63, 3.8) is 0 Å². The highest BCUT2D eigenvalue weighted by Crippen LogP contribution is 2.44. The molecule has 0 saturated heterocycles. The summed E-state index contributed by atoms with van der Waals surface area (Å²) >= 11 is 0. The van der Waals surface area contributed by atoms with Crippen LogP contribution in [0.5, 0.6) is 0 Å². The molecule has 0 radical (unpaired) electrons. The van der Waals surface area contributed by atoms with Gasteiger partial charge in [0.15, 0.2) is 0 Å². The molecule has 0 unspecified atom stereocenters. The Kier molecular flexibility index (Phi) is 2.62. The molecule has 19 heavy (non-hydrogen) atoms. The average molecular weight is 260 g/mol. The number of aromatic carboxylic acids is 1. The molecule has 0 aliphatic heterocycles. The fourth-order valence-corrected chi connectivity index (χ4v) is 2.34. The molecule has 1 aromatic heterocycles. The summed E-state index contributed by atoms with van der Waals surface area (Å²) in [6.07, 6.45) is 4.08. The molecule has 1 saturated carbocycles. The molecule has 0 amide bonds. The van der Waals surface area contributed by atoms with Crippen molar-refractivity contribution >= 4 is 5.97 Å². The van der Waals surface area contributed by atoms with Gasteiger partial charge < -0.3 is 5.11 Å². The van der Waals surface area contributed by atoms with Gasteiger partial charge in [0, 0.05) is 18.2 Å². The van der Waals surface area contributed by atoms with Crippen LogP contribution in [0.4, 0.5) is 4.39 Å². The molecule has 5 heteroatoms. The van der Waals surface area contributed by atoms with E-state index in [1.54, 1.807) is 10.7 Å². The van der Waals surface area contributed by atoms with Gasteiger partial charge in [0.05, 0.1) is 17.5 Å². The first kappa shape index (κ1) is 11.9. The third-order valence-corrected chi connectivity index (χ3v) is 3.46. The maximum absolute atomic E-state index is 13.8. The first-order valence-electron chi connectivity index (χ1n) is 6.13. The minimum atomic E-state index is -1.25. The predicted molar refractivity (Wildman–Crippen MR) is 67.5 cm³/mol. The molecule has 1 aromatic carbocycles. The van der Waals surface area contributed by atoms with Gasteiger partial charge in [0.1, 0.15) is 5.82 Å². The molecule has 0 bridgehead atoms. The van der Waals surface area contributed by atoms with Crippen molar-refractivity contribution < 1.29 is 14.3 Å². The molecule has 98 valence electrons. The lowest BCUT2D eigenvalue weighted by molar-refractivity contribution is 0.0692. The highest BCUT2D eigenvalue weighted by Gasteiger charge is 2.29. The van der Waals surface area contributed by atoms with Crippen molar-refractivity contribution in [1.29, 1.82) is 0 Å². The number of rotatable bonds is 3. The number of carbonyl (C=O) groups is 1. The van der Waals surface area contributed by atoms with Crippen LogP contribution in [-0.2, 0) is 7.05 Å². The van der Waals surface area contributed by atoms with E-state index in [1.807, 2.05) is 13.2 Å². The van der Waals surface area contributed by atoms with Crippen LogP contribution < -0.4 is 0 Å². The number of aryl methyl sites for hydroxylation is 1. The van der Waals surface area contributed by atoms with E-state index < -0.39 is 11.8 Å². The molecule has 4 nitrogen and oxygen atoms in total. The van der Waals surface area contributed by atoms with Crippen LogP contribution in [0.2, 0.25) is 0 Å². The standard InChI is InChI=1S/C14H13FN2O2/c1-17-13(11(7-16-17)8-2-3-8)9-4-5-10(14(18)19)12(15)6-9/h4-8H,2-3H2,1H3,(H,18,19). The minimum Gasteiger partial charge on any atom is -0.478 e. The summed E-state index contributed by atoms with van der Waals surface area (Å²) in [5.74, 6) is -1.46. The van der Waals surface area contributed by atoms with E-state index >= 15 is 0 Å². The maximum atomic E-state index is 13.8. The fourth-order valence-electron chi connectivity index (χ4n) is 2.34. The Morgan fingerprint density at radius 1 is 1.47 bits per heavy atom. The van der Waals surface area contributed by atoms with Crippen LogP contribution in [0.1, 0.15) is 34.7 Å². The molecular weight excluding hydrogens is 247 g/mol. The Morgan fingerprint density at radius 3 is 2.79 bits per heavy atom. The first-order chi connectivity index (χ1) is 9.08. The van der Waals surface area contributed by atoms with Crippen molar-refractivity contribution in [2.45, 2.75) is 18.8 Å². The second-order valence-corrected chi connectivity index (χ2v) is 4.85. The van der Waals surface area contributed by atoms with Gasteiger partial charge in [-0.1, -0.05) is 6.07 Å². The van der Waals surface area contributed by atoms with Crippen LogP contribution in [0.3, 0.4) is 0 Å². The number of carboxylic acids is 1. The quantitative estimate of drug-likeness (QED) is 0.923. The lowest BCUT2D eigenvalue weighted by Crippen LogP contribution is -2.02. The average Bonchev–Trinajstić information content (AvgIpc) is 3.12. The van der Waals surface area contributed by atoms with Crippen LogP contribution in [0, 0.1) is 5.82 Å². The SMILES string of the molecule is Cn1ncc(C2CC2)c1-c1ccc(C(=O)O)c(F)c1. The van der Waals surface area contributed by atoms with Crippen molar-refractivity contribution in [2.75, 3.05) is 0 Å². The summed E-state index contributed by atoms with van der Waals surface area (Å²) in [6, 6.07) is 4.21. The molecule has 0 atom stereocenters. The van der Waals surface area contributed by atoms with E-state index in [4.69, 9.17) is 5.11 Å². The molecule has 0 spiro atoms. The molecule has 1 heterocycles. The van der Waals surface area contributed by atoms with Crippen LogP contribution in [0.15, 0.2) is 24.4 Å². The maximum Gasteiger partial charge on any atom is 0.338 e. The van der Waals surface area contributed by atoms with Crippen molar-refractivity contribution in [3.8, 4) is 11.3 Å². The number of benzene rings is 1. The zero-order chi connectivity index (χ0) is 13.6. The van der Waals surface area contributed by atoms with E-state index in [1.165, 1.54) is 12.1 Å². The van der Waals surface area contributed by atoms with Gasteiger partial charge in [-0.2, -0.15) is 5.10 Å². The van der Waals surface area contributed by atoms with Crippen molar-refractivity contribution in [2.24, 2.45) is 7.05 Å². The summed E-state index contributed by atoms with van der Waals surface area (Å²) in [5, 5.41) is 13.1. The van der Waals surface area contributed by atoms with E-state index in [0.717, 1.165) is 24.1 Å². The predicted octanol–water partition coefficient (Wildman–Crippen LogP) is 2.80. The Balaban J connectivity index is 2.09. The Bertz CT molecular complexity index is 659. The van der Waals surface area contributed by atoms with Gasteiger partial charge in [0.25, 0.3) is 0 Å². The fraction of sp³-hybridized carbons (Fsp3) is 0.286. The lowest BCUT2D eigenvalue weighted by Gasteiger charge is -2.07. The smallest absolute Gasteiger partial charge is 0.338 e. The minimum absolute atomic E-state index is 0.307. The molecule has 1 aliphatic rings. The molecule has 1 fully saturated rings. The number of aromatic nitrogens is 2. The topological polar surface area (TPSA) is 55.1 Å². The molecular formula is C14H13FN2O2. The Hall–Kier alpha value is -2.17. The van der Waals surface area contributed by atoms with Gasteiger partial charge >= 0.3 is 5.97 Å². The Morgan fingerprint density at radius 2 is 2.21 bits per heavy atom. The second-order valence-electron chi connectivity index (χ2n) is 4.85. The van der Waals surface area contributed by atoms with E-state index in [-0.39, 0.29) is 5.56 Å². The zero-order valence-electron chi connectivity index (χ0n) is 10.4. The first-order valence-corrected chi connectivity index (χ1v) is 6.13. The van der Waals surface area contributed by atoms with E-state index in [0.29, 0.717) is 11.5 Å². The van der Waals surface area contributed by atoms with Gasteiger partial charge in [-0.25, -0.2) is 9.18 Å². The third kappa shape index (κ3) is 2.01. The molecule has 2 aromatic rings. The highest BCUT2D eigenvalue weighted by atomic mass is 19.1. The summed E-state index contributed by atoms with van der Waals surface area (Å²) in [5.41, 5.74) is 2.35. The van der Waals surface area contributed by atoms with Gasteiger partial charge in [-0.3, -0.25) is 4.68 Å². The van der Waals surface area contributed by atoms with Crippen LogP contribution in [-0.4, -0.2) is 20.9 Å². The number of hydrogen-bond donors (Lipinski definition) is 1. The second kappa shape index (κ2) is 4.19. The summed E-state index contributed by atoms with van der Waals surface area (Å²) in [6.45, 7) is 0. The van der Waals surface area contributed by atoms with Gasteiger partial charge in [-0.15, -0.1) is 0 Å². The van der Waals surface area contributed by atoms with E-state index in [9.17, 15) is 9.18 Å². The molecule has 1 aliphatic carbocycles. The Labute approximate surface area is 109 Å². The normalized spacial score (nSPS) is 14.6. The van der Waals surface area contributed by atoms with Gasteiger partial charge in [-0.05, 0) is 30.9 Å². The zero-order valence-corrected chi connectivity index (χ0v) is 10.4. The van der Waals surface area contributed by atoms with Crippen LogP contribution >= 0.6 is 0 Å². The monoisotopic (exact) mass is 260 g/mol. The van der Waals surface area contributed by atoms with Crippen molar-refractivity contribution in [1.82, 2.24) is 9.78 Å². The number of hydrogen-bond acceptors (Lipinski definition) is 2. The molecule has 3 rings (SSSR count). The summed E-state index contributed by atoms with van der Waals surface area (Å²) < 4.78 is 15.5. The van der Waals surface area contributed by atoms with E-state index in [2.05, 4.69) is 5.10 Å². The number of nitrogens with zero attached hydrogens (tertiary/aromatic N) is 2. The lowest BCUT2D eigenvalue weighted by atomic mass is 10.0. The largest absolute Gasteiger partial charge is 0.478 e.